The zero-order valence-corrected chi connectivity index (χ0v) is 16.7. The van der Waals surface area contributed by atoms with Crippen LogP contribution in [0.25, 0.3) is 0 Å². The zero-order valence-electron chi connectivity index (χ0n) is 15.9. The van der Waals surface area contributed by atoms with Crippen LogP contribution in [0, 0.1) is 5.92 Å². The van der Waals surface area contributed by atoms with Gasteiger partial charge in [0.05, 0.1) is 17.7 Å². The van der Waals surface area contributed by atoms with E-state index in [4.69, 9.17) is 4.74 Å². The van der Waals surface area contributed by atoms with Gasteiger partial charge in [-0.15, -0.1) is 0 Å². The zero-order chi connectivity index (χ0) is 20.7. The highest BCUT2D eigenvalue weighted by atomic mass is 32.2. The second-order valence-corrected chi connectivity index (χ2v) is 8.12. The highest BCUT2D eigenvalue weighted by Gasteiger charge is 2.18. The van der Waals surface area contributed by atoms with E-state index in [0.29, 0.717) is 5.75 Å². The number of hydrogen-bond donors (Lipinski definition) is 3. The number of rotatable bonds is 7. The largest absolute Gasteiger partial charge is 0.495 e. The Bertz CT molecular complexity index is 958. The molecule has 0 heterocycles. The van der Waals surface area contributed by atoms with Crippen molar-refractivity contribution in [1.29, 1.82) is 0 Å². The number of sulfonamides is 1. The Labute approximate surface area is 164 Å². The lowest BCUT2D eigenvalue weighted by atomic mass is 10.1. The lowest BCUT2D eigenvalue weighted by molar-refractivity contribution is -0.122. The Kier molecular flexibility index (Phi) is 7.00. The number of carbonyl (C=O) groups excluding carboxylic acids is 2. The van der Waals surface area contributed by atoms with Crippen LogP contribution in [0.2, 0.25) is 0 Å². The molecule has 0 aliphatic rings. The van der Waals surface area contributed by atoms with Gasteiger partial charge < -0.3 is 4.74 Å². The number of benzene rings is 2. The van der Waals surface area contributed by atoms with Crippen LogP contribution in [-0.2, 0) is 14.8 Å². The first kappa shape index (κ1) is 21.2. The van der Waals surface area contributed by atoms with E-state index < -0.39 is 15.9 Å². The van der Waals surface area contributed by atoms with Crippen LogP contribution in [0.4, 0.5) is 5.69 Å². The maximum absolute atomic E-state index is 12.7. The Morgan fingerprint density at radius 1 is 1.04 bits per heavy atom. The third-order valence-corrected chi connectivity index (χ3v) is 5.03. The fraction of sp³-hybridized carbons (Fsp3) is 0.263. The first-order valence-corrected chi connectivity index (χ1v) is 10.1. The van der Waals surface area contributed by atoms with E-state index in [0.717, 1.165) is 0 Å². The number of methoxy groups -OCH3 is 1. The molecule has 2 amide bonds. The maximum Gasteiger partial charge on any atom is 0.269 e. The van der Waals surface area contributed by atoms with E-state index in [-0.39, 0.29) is 34.4 Å². The first-order chi connectivity index (χ1) is 13.2. The minimum absolute atomic E-state index is 0.0905. The number of carbonyl (C=O) groups is 2. The van der Waals surface area contributed by atoms with Crippen molar-refractivity contribution < 1.29 is 22.7 Å². The second-order valence-electron chi connectivity index (χ2n) is 6.43. The monoisotopic (exact) mass is 405 g/mol. The molecule has 0 spiro atoms. The summed E-state index contributed by atoms with van der Waals surface area (Å²) < 4.78 is 32.9. The van der Waals surface area contributed by atoms with Crippen LogP contribution in [-0.4, -0.2) is 27.3 Å². The van der Waals surface area contributed by atoms with Gasteiger partial charge in [-0.2, -0.15) is 0 Å². The molecule has 0 aliphatic carbocycles. The lowest BCUT2D eigenvalue weighted by Crippen LogP contribution is -2.42. The van der Waals surface area contributed by atoms with E-state index in [1.54, 1.807) is 24.3 Å². The Morgan fingerprint density at radius 3 is 2.43 bits per heavy atom. The summed E-state index contributed by atoms with van der Waals surface area (Å²) in [4.78, 5) is 23.7. The molecule has 0 fully saturated rings. The minimum atomic E-state index is -3.95. The number of amides is 2. The van der Waals surface area contributed by atoms with Gasteiger partial charge >= 0.3 is 0 Å². The summed E-state index contributed by atoms with van der Waals surface area (Å²) in [5, 5.41) is 0. The van der Waals surface area contributed by atoms with Crippen LogP contribution in [0.1, 0.15) is 30.6 Å². The van der Waals surface area contributed by atoms with Gasteiger partial charge in [-0.05, 0) is 36.2 Å². The van der Waals surface area contributed by atoms with Crippen molar-refractivity contribution >= 4 is 27.5 Å². The Hall–Kier alpha value is -3.07. The van der Waals surface area contributed by atoms with Gasteiger partial charge in [-0.3, -0.25) is 25.2 Å². The molecule has 0 bridgehead atoms. The Morgan fingerprint density at radius 2 is 1.75 bits per heavy atom. The molecule has 0 saturated carbocycles. The summed E-state index contributed by atoms with van der Waals surface area (Å²) in [6, 6.07) is 12.1. The smallest absolute Gasteiger partial charge is 0.269 e. The lowest BCUT2D eigenvalue weighted by Gasteiger charge is -2.12. The van der Waals surface area contributed by atoms with Crippen LogP contribution in [0.3, 0.4) is 0 Å². The molecule has 8 nitrogen and oxygen atoms in total. The van der Waals surface area contributed by atoms with Crippen LogP contribution >= 0.6 is 0 Å². The van der Waals surface area contributed by atoms with Gasteiger partial charge in [-0.1, -0.05) is 32.0 Å². The molecule has 0 aliphatic heterocycles. The minimum Gasteiger partial charge on any atom is -0.495 e. The molecule has 0 unspecified atom stereocenters. The van der Waals surface area contributed by atoms with Crippen LogP contribution in [0.5, 0.6) is 5.75 Å². The summed E-state index contributed by atoms with van der Waals surface area (Å²) in [5.41, 5.74) is 4.95. The molecule has 9 heteroatoms. The molecule has 0 radical (unpaired) electrons. The fourth-order valence-electron chi connectivity index (χ4n) is 2.36. The van der Waals surface area contributed by atoms with Gasteiger partial charge in [0.1, 0.15) is 5.75 Å². The third kappa shape index (κ3) is 5.71. The van der Waals surface area contributed by atoms with Crippen molar-refractivity contribution in [3.63, 3.8) is 0 Å². The molecule has 2 aromatic carbocycles. The molecule has 28 heavy (non-hydrogen) atoms. The van der Waals surface area contributed by atoms with Crippen molar-refractivity contribution in [2.45, 2.75) is 25.2 Å². The van der Waals surface area contributed by atoms with Gasteiger partial charge in [-0.25, -0.2) is 8.42 Å². The molecule has 2 aromatic rings. The van der Waals surface area contributed by atoms with Gasteiger partial charge in [0.25, 0.3) is 15.9 Å². The number of nitrogens with one attached hydrogen (secondary N) is 3. The molecular formula is C19H23N3O5S. The van der Waals surface area contributed by atoms with E-state index >= 15 is 0 Å². The summed E-state index contributed by atoms with van der Waals surface area (Å²) in [5.74, 6) is -0.435. The normalized spacial score (nSPS) is 11.0. The van der Waals surface area contributed by atoms with Crippen molar-refractivity contribution in [1.82, 2.24) is 10.9 Å². The molecule has 150 valence electrons. The van der Waals surface area contributed by atoms with Crippen LogP contribution in [0.15, 0.2) is 53.4 Å². The topological polar surface area (TPSA) is 114 Å². The number of ether oxygens (including phenoxy) is 1. The number of anilines is 1. The van der Waals surface area contributed by atoms with Crippen molar-refractivity contribution in [3.05, 3.63) is 54.1 Å². The Balaban J connectivity index is 2.15. The average Bonchev–Trinajstić information content (AvgIpc) is 2.66. The summed E-state index contributed by atoms with van der Waals surface area (Å²) in [6.07, 6.45) is 0.261. The van der Waals surface area contributed by atoms with E-state index in [1.165, 1.54) is 31.4 Å². The molecular weight excluding hydrogens is 382 g/mol. The van der Waals surface area contributed by atoms with Crippen molar-refractivity contribution in [2.24, 2.45) is 5.92 Å². The standard InChI is InChI=1S/C19H23N3O5S/c1-13(2)11-18(23)20-21-19(24)14-7-6-8-15(12-14)28(25,26)22-16-9-4-5-10-17(16)27-3/h4-10,12-13,22H,11H2,1-3H3,(H,20,23)(H,21,24). The fourth-order valence-corrected chi connectivity index (χ4v) is 3.47. The molecule has 2 rings (SSSR count). The van der Waals surface area contributed by atoms with E-state index in [9.17, 15) is 18.0 Å². The SMILES string of the molecule is COc1ccccc1NS(=O)(=O)c1cccc(C(=O)NNC(=O)CC(C)C)c1. The summed E-state index contributed by atoms with van der Waals surface area (Å²) in [7, 11) is -2.51. The van der Waals surface area contributed by atoms with Crippen molar-refractivity contribution in [2.75, 3.05) is 11.8 Å². The maximum atomic E-state index is 12.7. The summed E-state index contributed by atoms with van der Waals surface area (Å²) in [6.45, 7) is 3.76. The molecule has 0 aromatic heterocycles. The predicted molar refractivity (Wildman–Crippen MR) is 105 cm³/mol. The van der Waals surface area contributed by atoms with Crippen molar-refractivity contribution in [3.8, 4) is 5.75 Å². The molecule has 0 saturated heterocycles. The van der Waals surface area contributed by atoms with Crippen LogP contribution < -0.4 is 20.3 Å². The van der Waals surface area contributed by atoms with Gasteiger partial charge in [0, 0.05) is 12.0 Å². The van der Waals surface area contributed by atoms with Gasteiger partial charge in [0.15, 0.2) is 0 Å². The number of hydrogen-bond acceptors (Lipinski definition) is 5. The molecule has 3 N–H and O–H groups in total. The number of para-hydroxylation sites is 2. The predicted octanol–water partition coefficient (Wildman–Crippen LogP) is 2.30. The molecule has 0 atom stereocenters. The quantitative estimate of drug-likeness (QED) is 0.612. The average molecular weight is 405 g/mol. The summed E-state index contributed by atoms with van der Waals surface area (Å²) >= 11 is 0. The number of hydrazine groups is 1. The first-order valence-electron chi connectivity index (χ1n) is 8.58. The van der Waals surface area contributed by atoms with E-state index in [1.807, 2.05) is 13.8 Å². The van der Waals surface area contributed by atoms with Gasteiger partial charge in [0.2, 0.25) is 5.91 Å². The third-order valence-electron chi connectivity index (χ3n) is 3.67. The second kappa shape index (κ2) is 9.23. The highest BCUT2D eigenvalue weighted by Crippen LogP contribution is 2.26. The van der Waals surface area contributed by atoms with E-state index in [2.05, 4.69) is 15.6 Å². The highest BCUT2D eigenvalue weighted by molar-refractivity contribution is 7.92.